The number of carbonyl (C=O) groups excluding carboxylic acids is 1. The molecule has 0 unspecified atom stereocenters. The van der Waals surface area contributed by atoms with Crippen LogP contribution in [0.3, 0.4) is 0 Å². The molecule has 0 heterocycles. The van der Waals surface area contributed by atoms with Gasteiger partial charge in [0.25, 0.3) is 0 Å². The van der Waals surface area contributed by atoms with Crippen LogP contribution >= 0.6 is 0 Å². The summed E-state index contributed by atoms with van der Waals surface area (Å²) in [4.78, 5) is 10.7. The number of ether oxygens (including phenoxy) is 1. The maximum atomic E-state index is 10.7. The highest BCUT2D eigenvalue weighted by molar-refractivity contribution is 5.71. The van der Waals surface area contributed by atoms with Crippen LogP contribution in [-0.4, -0.2) is 5.97 Å². The van der Waals surface area contributed by atoms with Gasteiger partial charge in [-0.3, -0.25) is 4.79 Å². The zero-order valence-corrected chi connectivity index (χ0v) is 7.41. The van der Waals surface area contributed by atoms with Crippen LogP contribution in [0.1, 0.15) is 18.1 Å². The molecule has 2 rings (SSSR count). The monoisotopic (exact) mass is 174 g/mol. The molecule has 0 radical (unpaired) electrons. The third kappa shape index (κ3) is 1.61. The van der Waals surface area contributed by atoms with E-state index in [1.54, 1.807) is 0 Å². The second-order valence-corrected chi connectivity index (χ2v) is 3.08. The van der Waals surface area contributed by atoms with E-state index in [1.165, 1.54) is 12.5 Å². The Bertz CT molecular complexity index is 377. The summed E-state index contributed by atoms with van der Waals surface area (Å²) >= 11 is 0. The Morgan fingerprint density at radius 2 is 2.15 bits per heavy atom. The molecular formula is C11H10O2. The summed E-state index contributed by atoms with van der Waals surface area (Å²) in [7, 11) is 0. The molecule has 0 bridgehead atoms. The molecule has 0 fully saturated rings. The van der Waals surface area contributed by atoms with Crippen molar-refractivity contribution in [1.29, 1.82) is 0 Å². The van der Waals surface area contributed by atoms with Gasteiger partial charge in [0.2, 0.25) is 0 Å². The Hall–Kier alpha value is -1.57. The van der Waals surface area contributed by atoms with Gasteiger partial charge in [0.15, 0.2) is 0 Å². The Labute approximate surface area is 76.8 Å². The van der Waals surface area contributed by atoms with E-state index in [0.29, 0.717) is 0 Å². The van der Waals surface area contributed by atoms with Crippen LogP contribution in [0.4, 0.5) is 0 Å². The van der Waals surface area contributed by atoms with Gasteiger partial charge in [-0.2, -0.15) is 0 Å². The van der Waals surface area contributed by atoms with Crippen LogP contribution in [0, 0.1) is 0 Å². The van der Waals surface area contributed by atoms with Crippen molar-refractivity contribution in [2.45, 2.75) is 13.3 Å². The molecule has 0 aromatic heterocycles. The van der Waals surface area contributed by atoms with Gasteiger partial charge in [0.05, 0.1) is 0 Å². The zero-order chi connectivity index (χ0) is 9.26. The smallest absolute Gasteiger partial charge is 0.307 e. The zero-order valence-electron chi connectivity index (χ0n) is 7.41. The van der Waals surface area contributed by atoms with Crippen LogP contribution in [0.5, 0.6) is 0 Å². The first-order valence-corrected chi connectivity index (χ1v) is 4.22. The lowest BCUT2D eigenvalue weighted by molar-refractivity contribution is -0.136. The van der Waals surface area contributed by atoms with E-state index in [4.69, 9.17) is 4.74 Å². The highest BCUT2D eigenvalue weighted by Crippen LogP contribution is 2.24. The Morgan fingerprint density at radius 3 is 2.85 bits per heavy atom. The number of allylic oxidation sites excluding steroid dienone is 1. The van der Waals surface area contributed by atoms with Crippen LogP contribution in [0.15, 0.2) is 30.0 Å². The highest BCUT2D eigenvalue weighted by Gasteiger charge is 2.13. The second kappa shape index (κ2) is 3.05. The maximum absolute atomic E-state index is 10.7. The predicted molar refractivity (Wildman–Crippen MR) is 49.9 cm³/mol. The topological polar surface area (TPSA) is 26.3 Å². The third-order valence-corrected chi connectivity index (χ3v) is 2.01. The number of rotatable bonds is 1. The summed E-state index contributed by atoms with van der Waals surface area (Å²) in [5, 5.41) is 0. The summed E-state index contributed by atoms with van der Waals surface area (Å²) in [5.41, 5.74) is 2.37. The lowest BCUT2D eigenvalue weighted by atomic mass is 10.1. The SMILES string of the molecule is CC(=O)OC1=Cc2ccccc2C1. The van der Waals surface area contributed by atoms with Crippen LogP contribution < -0.4 is 0 Å². The summed E-state index contributed by atoms with van der Waals surface area (Å²) in [5.74, 6) is 0.493. The summed E-state index contributed by atoms with van der Waals surface area (Å²) in [6, 6.07) is 8.03. The van der Waals surface area contributed by atoms with E-state index in [0.717, 1.165) is 17.7 Å². The van der Waals surface area contributed by atoms with Crippen LogP contribution in [0.25, 0.3) is 6.08 Å². The average Bonchev–Trinajstić information content (AvgIpc) is 2.44. The predicted octanol–water partition coefficient (Wildman–Crippen LogP) is 2.15. The maximum Gasteiger partial charge on any atom is 0.307 e. The first kappa shape index (κ1) is 8.05. The molecule has 0 saturated heterocycles. The molecule has 0 atom stereocenters. The Morgan fingerprint density at radius 1 is 1.38 bits per heavy atom. The van der Waals surface area contributed by atoms with Gasteiger partial charge in [0, 0.05) is 13.3 Å². The van der Waals surface area contributed by atoms with Gasteiger partial charge in [-0.25, -0.2) is 0 Å². The van der Waals surface area contributed by atoms with Crippen molar-refractivity contribution in [3.8, 4) is 0 Å². The molecule has 1 aliphatic rings. The minimum atomic E-state index is -0.251. The van der Waals surface area contributed by atoms with E-state index < -0.39 is 0 Å². The van der Waals surface area contributed by atoms with E-state index in [1.807, 2.05) is 30.3 Å². The number of esters is 1. The van der Waals surface area contributed by atoms with E-state index in [-0.39, 0.29) is 5.97 Å². The van der Waals surface area contributed by atoms with Gasteiger partial charge in [-0.1, -0.05) is 24.3 Å². The van der Waals surface area contributed by atoms with E-state index in [2.05, 4.69) is 0 Å². The van der Waals surface area contributed by atoms with Crippen molar-refractivity contribution < 1.29 is 9.53 Å². The molecule has 2 heteroatoms. The molecule has 0 amide bonds. The van der Waals surface area contributed by atoms with E-state index >= 15 is 0 Å². The van der Waals surface area contributed by atoms with Gasteiger partial charge < -0.3 is 4.74 Å². The molecule has 1 aromatic carbocycles. The second-order valence-electron chi connectivity index (χ2n) is 3.08. The standard InChI is InChI=1S/C11H10O2/c1-8(12)13-11-6-9-4-2-3-5-10(9)7-11/h2-6H,7H2,1H3. The number of hydrogen-bond donors (Lipinski definition) is 0. The average molecular weight is 174 g/mol. The number of carbonyl (C=O) groups is 1. The van der Waals surface area contributed by atoms with Gasteiger partial charge >= 0.3 is 5.97 Å². The molecule has 0 spiro atoms. The van der Waals surface area contributed by atoms with Crippen LogP contribution in [-0.2, 0) is 16.0 Å². The van der Waals surface area contributed by atoms with Crippen molar-refractivity contribution in [2.75, 3.05) is 0 Å². The molecular weight excluding hydrogens is 164 g/mol. The fourth-order valence-electron chi connectivity index (χ4n) is 1.50. The number of hydrogen-bond acceptors (Lipinski definition) is 2. The Kier molecular flexibility index (Phi) is 1.89. The largest absolute Gasteiger partial charge is 0.431 e. The van der Waals surface area contributed by atoms with Crippen molar-refractivity contribution in [1.82, 2.24) is 0 Å². The minimum Gasteiger partial charge on any atom is -0.431 e. The summed E-state index contributed by atoms with van der Waals surface area (Å²) < 4.78 is 5.02. The van der Waals surface area contributed by atoms with Crippen molar-refractivity contribution in [3.05, 3.63) is 41.2 Å². The first-order valence-electron chi connectivity index (χ1n) is 4.22. The quantitative estimate of drug-likeness (QED) is 0.610. The normalized spacial score (nSPS) is 13.5. The molecule has 1 aliphatic carbocycles. The third-order valence-electron chi connectivity index (χ3n) is 2.01. The molecule has 2 nitrogen and oxygen atoms in total. The van der Waals surface area contributed by atoms with E-state index in [9.17, 15) is 4.79 Å². The molecule has 13 heavy (non-hydrogen) atoms. The van der Waals surface area contributed by atoms with Crippen molar-refractivity contribution >= 4 is 12.0 Å². The van der Waals surface area contributed by atoms with Crippen molar-refractivity contribution in [3.63, 3.8) is 0 Å². The lowest BCUT2D eigenvalue weighted by Crippen LogP contribution is -1.98. The number of fused-ring (bicyclic) bond motifs is 1. The molecule has 0 N–H and O–H groups in total. The van der Waals surface area contributed by atoms with Gasteiger partial charge in [0.1, 0.15) is 5.76 Å². The fraction of sp³-hybridized carbons (Fsp3) is 0.182. The van der Waals surface area contributed by atoms with Crippen LogP contribution in [0.2, 0.25) is 0 Å². The highest BCUT2D eigenvalue weighted by atomic mass is 16.5. The van der Waals surface area contributed by atoms with Crippen molar-refractivity contribution in [2.24, 2.45) is 0 Å². The summed E-state index contributed by atoms with van der Waals surface area (Å²) in [6.45, 7) is 1.42. The molecule has 66 valence electrons. The van der Waals surface area contributed by atoms with Gasteiger partial charge in [-0.05, 0) is 17.2 Å². The molecule has 0 saturated carbocycles. The first-order chi connectivity index (χ1) is 6.25. The fourth-order valence-corrected chi connectivity index (χ4v) is 1.50. The number of benzene rings is 1. The summed E-state index contributed by atoms with van der Waals surface area (Å²) in [6.07, 6.45) is 2.65. The Balaban J connectivity index is 2.21. The van der Waals surface area contributed by atoms with Gasteiger partial charge in [-0.15, -0.1) is 0 Å². The molecule has 1 aromatic rings. The minimum absolute atomic E-state index is 0.251. The molecule has 0 aliphatic heterocycles. The lowest BCUT2D eigenvalue weighted by Gasteiger charge is -1.99.